The second-order valence-corrected chi connectivity index (χ2v) is 14.7. The highest BCUT2D eigenvalue weighted by Gasteiger charge is 2.57. The summed E-state index contributed by atoms with van der Waals surface area (Å²) in [6.07, 6.45) is -16.2. The van der Waals surface area contributed by atoms with Crippen LogP contribution in [0.15, 0.2) is 12.7 Å². The summed E-state index contributed by atoms with van der Waals surface area (Å²) in [4.78, 5) is 92.9. The van der Waals surface area contributed by atoms with E-state index in [-0.39, 0.29) is 17.0 Å². The number of aromatic nitrogens is 4. The second-order valence-electron chi connectivity index (χ2n) is 11.7. The summed E-state index contributed by atoms with van der Waals surface area (Å²) in [6.45, 7) is 2.71. The van der Waals surface area contributed by atoms with Crippen molar-refractivity contribution < 1.29 is 99.6 Å². The molecule has 0 aromatic carbocycles. The number of anilines is 1. The van der Waals surface area contributed by atoms with Crippen molar-refractivity contribution >= 4 is 62.5 Å². The Morgan fingerprint density at radius 3 is 2.05 bits per heavy atom. The van der Waals surface area contributed by atoms with Crippen LogP contribution in [0.1, 0.15) is 40.8 Å². The molecule has 4 rings (SSSR count). The van der Waals surface area contributed by atoms with Crippen molar-refractivity contribution in [3.8, 4) is 0 Å². The fraction of sp³-hybridized carbons (Fsp3) is 0.630. The number of ether oxygens (including phenoxy) is 7. The predicted octanol–water partition coefficient (Wildman–Crippen LogP) is -1.71. The van der Waals surface area contributed by atoms with E-state index in [0.717, 1.165) is 40.9 Å². The van der Waals surface area contributed by atoms with Crippen LogP contribution in [0.5, 0.6) is 0 Å². The molecule has 2 saturated heterocycles. The number of nitrogens with two attached hydrogens (primary N) is 1. The molecule has 2 fully saturated rings. The molecule has 0 amide bonds. The van der Waals surface area contributed by atoms with E-state index < -0.39 is 120 Å². The van der Waals surface area contributed by atoms with Crippen molar-refractivity contribution in [3.63, 3.8) is 0 Å². The number of phosphoric ester groups is 2. The summed E-state index contributed by atoms with van der Waals surface area (Å²) < 4.78 is 78.4. The highest BCUT2D eigenvalue weighted by molar-refractivity contribution is 7.61. The highest BCUT2D eigenvalue weighted by Crippen LogP contribution is 2.61. The SMILES string of the molecule is CC(=O)OC[C@@H](OC(C)=O)[C@H]1O[C@@H](OP(=O)(O)OP(=O)(O)OC[C@H]2O[C@@H](n3cnc4c(N)ncnc43)[C@H](O)[C@@H]2O)[C@@H](OC(C)=O)[C@@H](OC(C)=O)[C@@H]1OC(C)=O. The maximum absolute atomic E-state index is 13.2. The summed E-state index contributed by atoms with van der Waals surface area (Å²) in [5, 5.41) is 21.2. The third-order valence-corrected chi connectivity index (χ3v) is 10.0. The number of hydrogen-bond acceptors (Lipinski definition) is 23. The van der Waals surface area contributed by atoms with E-state index in [9.17, 15) is 53.1 Å². The molecular formula is C27H37N5O21P2. The molecule has 28 heteroatoms. The highest BCUT2D eigenvalue weighted by atomic mass is 31.3. The number of aliphatic hydroxyl groups is 2. The zero-order valence-electron chi connectivity index (χ0n) is 29.3. The third-order valence-electron chi connectivity index (χ3n) is 7.42. The molecule has 55 heavy (non-hydrogen) atoms. The first-order chi connectivity index (χ1) is 25.6. The maximum Gasteiger partial charge on any atom is 0.483 e. The lowest BCUT2D eigenvalue weighted by Crippen LogP contribution is -2.65. The van der Waals surface area contributed by atoms with Crippen LogP contribution in [0, 0.1) is 0 Å². The number of fused-ring (bicyclic) bond motifs is 1. The van der Waals surface area contributed by atoms with E-state index in [1.165, 1.54) is 10.9 Å². The van der Waals surface area contributed by atoms with Crippen LogP contribution in [-0.4, -0.2) is 138 Å². The minimum Gasteiger partial charge on any atom is -0.462 e. The maximum atomic E-state index is 13.2. The molecule has 0 saturated carbocycles. The third kappa shape index (κ3) is 11.2. The lowest BCUT2D eigenvalue weighted by atomic mass is 9.94. The van der Waals surface area contributed by atoms with E-state index in [2.05, 4.69) is 19.3 Å². The number of aliphatic hydroxyl groups excluding tert-OH is 2. The van der Waals surface area contributed by atoms with Crippen LogP contribution in [0.3, 0.4) is 0 Å². The molecular weight excluding hydrogens is 792 g/mol. The lowest BCUT2D eigenvalue weighted by molar-refractivity contribution is -0.301. The Morgan fingerprint density at radius 1 is 0.836 bits per heavy atom. The van der Waals surface area contributed by atoms with E-state index in [4.69, 9.17) is 47.9 Å². The molecule has 6 N–H and O–H groups in total. The number of rotatable bonds is 15. The van der Waals surface area contributed by atoms with Gasteiger partial charge in [-0.1, -0.05) is 0 Å². The van der Waals surface area contributed by atoms with Crippen molar-refractivity contribution in [1.29, 1.82) is 0 Å². The molecule has 2 aliphatic rings. The zero-order valence-corrected chi connectivity index (χ0v) is 31.1. The van der Waals surface area contributed by atoms with Crippen LogP contribution < -0.4 is 5.73 Å². The van der Waals surface area contributed by atoms with Gasteiger partial charge in [0.25, 0.3) is 0 Å². The van der Waals surface area contributed by atoms with Crippen LogP contribution in [0.2, 0.25) is 0 Å². The fourth-order valence-electron chi connectivity index (χ4n) is 5.42. The largest absolute Gasteiger partial charge is 0.483 e. The Balaban J connectivity index is 1.57. The second kappa shape index (κ2) is 17.7. The first-order valence-corrected chi connectivity index (χ1v) is 18.7. The van der Waals surface area contributed by atoms with Crippen LogP contribution in [-0.2, 0) is 79.6 Å². The zero-order chi connectivity index (χ0) is 41.0. The van der Waals surface area contributed by atoms with Crippen molar-refractivity contribution in [1.82, 2.24) is 19.5 Å². The van der Waals surface area contributed by atoms with Gasteiger partial charge in [0.2, 0.25) is 6.29 Å². The molecule has 0 aliphatic carbocycles. The number of carbonyl (C=O) groups excluding carboxylic acids is 5. The average Bonchev–Trinajstić information content (AvgIpc) is 3.60. The van der Waals surface area contributed by atoms with E-state index in [1.54, 1.807) is 0 Å². The van der Waals surface area contributed by atoms with Crippen molar-refractivity contribution in [2.24, 2.45) is 0 Å². The molecule has 2 aromatic heterocycles. The smallest absolute Gasteiger partial charge is 0.462 e. The molecule has 2 unspecified atom stereocenters. The molecule has 2 aliphatic heterocycles. The minimum absolute atomic E-state index is 0.00339. The number of imidazole rings is 1. The van der Waals surface area contributed by atoms with Gasteiger partial charge in [-0.15, -0.1) is 0 Å². The first-order valence-electron chi connectivity index (χ1n) is 15.7. The normalized spacial score (nSPS) is 29.3. The van der Waals surface area contributed by atoms with Gasteiger partial charge in [-0.3, -0.25) is 37.6 Å². The summed E-state index contributed by atoms with van der Waals surface area (Å²) in [5.41, 5.74) is 6.00. The summed E-state index contributed by atoms with van der Waals surface area (Å²) in [7, 11) is -11.7. The first kappa shape index (κ1) is 43.5. The Morgan fingerprint density at radius 2 is 1.45 bits per heavy atom. The topological polar surface area (TPSA) is 362 Å². The van der Waals surface area contributed by atoms with E-state index in [1.807, 2.05) is 0 Å². The Hall–Kier alpha value is -4.20. The monoisotopic (exact) mass is 829 g/mol. The van der Waals surface area contributed by atoms with Gasteiger partial charge in [-0.05, 0) is 0 Å². The quantitative estimate of drug-likeness (QED) is 0.0758. The van der Waals surface area contributed by atoms with E-state index in [0.29, 0.717) is 0 Å². The molecule has 0 radical (unpaired) electrons. The van der Waals surface area contributed by atoms with Gasteiger partial charge in [-0.25, -0.2) is 24.1 Å². The number of nitrogen functional groups attached to an aromatic ring is 1. The number of nitrogens with zero attached hydrogens (tertiary/aromatic N) is 4. The molecule has 0 spiro atoms. The van der Waals surface area contributed by atoms with Crippen LogP contribution >= 0.6 is 15.6 Å². The number of esters is 5. The van der Waals surface area contributed by atoms with Gasteiger partial charge < -0.3 is 58.9 Å². The van der Waals surface area contributed by atoms with Gasteiger partial charge >= 0.3 is 45.5 Å². The number of phosphoric acid groups is 2. The lowest BCUT2D eigenvalue weighted by Gasteiger charge is -2.45. The van der Waals surface area contributed by atoms with Gasteiger partial charge in [0.05, 0.1) is 12.9 Å². The van der Waals surface area contributed by atoms with Crippen LogP contribution in [0.4, 0.5) is 5.82 Å². The van der Waals surface area contributed by atoms with Gasteiger partial charge in [0, 0.05) is 34.6 Å². The predicted molar refractivity (Wildman–Crippen MR) is 171 cm³/mol. The summed E-state index contributed by atoms with van der Waals surface area (Å²) >= 11 is 0. The van der Waals surface area contributed by atoms with Crippen molar-refractivity contribution in [2.45, 2.75) is 96.0 Å². The molecule has 12 atom stereocenters. The fourth-order valence-corrected chi connectivity index (χ4v) is 7.58. The molecule has 26 nitrogen and oxygen atoms in total. The van der Waals surface area contributed by atoms with Crippen LogP contribution in [0.25, 0.3) is 11.2 Å². The van der Waals surface area contributed by atoms with Crippen molar-refractivity contribution in [3.05, 3.63) is 12.7 Å². The average molecular weight is 830 g/mol. The van der Waals surface area contributed by atoms with Crippen molar-refractivity contribution in [2.75, 3.05) is 18.9 Å². The standard InChI is InChI=1S/C27H37N5O21P2/c1-10(33)44-6-16(46-11(2)34)20-21(47-12(3)35)22(48-13(4)36)23(49-14(5)37)27(51-20)52-55(42,43)53-54(40,41)45-7-15-18(38)19(39)26(50-15)32-9-31-17-24(28)29-8-30-25(17)32/h8-9,15-16,18-23,26-27,38-39H,6-7H2,1-5H3,(H,40,41)(H,42,43)(H2,28,29,30)/t15-,16-,18-,19-,20-,21-,22+,23+,26-,27+/m1/s1. The summed E-state index contributed by atoms with van der Waals surface area (Å²) in [5.74, 6) is -5.18. The molecule has 4 heterocycles. The Labute approximate surface area is 309 Å². The van der Waals surface area contributed by atoms with Gasteiger partial charge in [0.15, 0.2) is 42.1 Å². The molecule has 2 aromatic rings. The minimum atomic E-state index is -5.95. The van der Waals surface area contributed by atoms with E-state index >= 15 is 0 Å². The molecule has 0 bridgehead atoms. The van der Waals surface area contributed by atoms with Gasteiger partial charge in [-0.2, -0.15) is 4.31 Å². The Kier molecular flexibility index (Phi) is 14.0. The number of hydrogen-bond donors (Lipinski definition) is 5. The Bertz CT molecular complexity index is 1860. The number of carbonyl (C=O) groups is 5. The molecule has 306 valence electrons. The summed E-state index contributed by atoms with van der Waals surface area (Å²) in [6, 6.07) is 0. The van der Waals surface area contributed by atoms with Gasteiger partial charge in [0.1, 0.15) is 42.9 Å².